The molecule has 1 aromatic carbocycles. The third kappa shape index (κ3) is 2.58. The highest BCUT2D eigenvalue weighted by molar-refractivity contribution is 6.32. The van der Waals surface area contributed by atoms with Crippen LogP contribution in [0.25, 0.3) is 11.3 Å². The number of nitrogen functional groups attached to an aromatic ring is 1. The van der Waals surface area contributed by atoms with E-state index in [-0.39, 0.29) is 39.6 Å². The average molecular weight is 325 g/mol. The van der Waals surface area contributed by atoms with Gasteiger partial charge in [-0.1, -0.05) is 11.6 Å². The van der Waals surface area contributed by atoms with Gasteiger partial charge in [0.15, 0.2) is 23.5 Å². The summed E-state index contributed by atoms with van der Waals surface area (Å²) < 4.78 is 19.2. The Morgan fingerprint density at radius 2 is 2.18 bits per heavy atom. The average Bonchev–Trinajstić information content (AvgIpc) is 2.46. The fraction of sp³-hybridized carbons (Fsp3) is 0.0714. The predicted molar refractivity (Wildman–Crippen MR) is 78.0 cm³/mol. The summed E-state index contributed by atoms with van der Waals surface area (Å²) in [5.41, 5.74) is 4.60. The van der Waals surface area contributed by atoms with Crippen LogP contribution in [-0.4, -0.2) is 29.5 Å². The van der Waals surface area contributed by atoms with Crippen molar-refractivity contribution in [1.82, 2.24) is 4.98 Å². The number of carboxylic acids is 1. The van der Waals surface area contributed by atoms with Gasteiger partial charge in [0.1, 0.15) is 0 Å². The Morgan fingerprint density at radius 3 is 2.73 bits per heavy atom. The molecule has 0 unspecified atom stereocenters. The molecule has 6 nitrogen and oxygen atoms in total. The number of rotatable bonds is 4. The first kappa shape index (κ1) is 15.7. The van der Waals surface area contributed by atoms with Crippen LogP contribution in [-0.2, 0) is 0 Å². The molecular formula is C14H10ClFN2O4. The lowest BCUT2D eigenvalue weighted by Gasteiger charge is -2.11. The summed E-state index contributed by atoms with van der Waals surface area (Å²) in [6.07, 6.45) is 0.286. The summed E-state index contributed by atoms with van der Waals surface area (Å²) in [5.74, 6) is -2.45. The van der Waals surface area contributed by atoms with Gasteiger partial charge < -0.3 is 15.6 Å². The third-order valence-corrected chi connectivity index (χ3v) is 3.24. The number of ether oxygens (including phenoxy) is 1. The van der Waals surface area contributed by atoms with Crippen LogP contribution in [0, 0.1) is 5.82 Å². The Morgan fingerprint density at radius 1 is 1.50 bits per heavy atom. The lowest BCUT2D eigenvalue weighted by Crippen LogP contribution is -2.10. The molecule has 2 aromatic rings. The molecule has 1 aromatic heterocycles. The zero-order chi connectivity index (χ0) is 16.4. The van der Waals surface area contributed by atoms with Gasteiger partial charge in [0.05, 0.1) is 23.4 Å². The van der Waals surface area contributed by atoms with E-state index in [9.17, 15) is 14.0 Å². The Labute approximate surface area is 129 Å². The number of hydrogen-bond acceptors (Lipinski definition) is 5. The van der Waals surface area contributed by atoms with Gasteiger partial charge in [-0.3, -0.25) is 4.79 Å². The second-order valence-electron chi connectivity index (χ2n) is 4.22. The van der Waals surface area contributed by atoms with Gasteiger partial charge in [-0.05, 0) is 18.2 Å². The van der Waals surface area contributed by atoms with E-state index in [0.717, 1.165) is 0 Å². The van der Waals surface area contributed by atoms with Crippen LogP contribution in [0.4, 0.5) is 10.1 Å². The van der Waals surface area contributed by atoms with E-state index in [2.05, 4.69) is 4.98 Å². The van der Waals surface area contributed by atoms with Crippen molar-refractivity contribution in [2.24, 2.45) is 0 Å². The number of carbonyl (C=O) groups is 2. The van der Waals surface area contributed by atoms with E-state index in [1.54, 1.807) is 0 Å². The maximum absolute atomic E-state index is 14.4. The summed E-state index contributed by atoms with van der Waals surface area (Å²) in [4.78, 5) is 25.9. The number of aldehydes is 1. The summed E-state index contributed by atoms with van der Waals surface area (Å²) in [6, 6.07) is 3.90. The molecule has 0 aliphatic rings. The molecule has 0 radical (unpaired) electrons. The minimum absolute atomic E-state index is 0.0482. The first-order chi connectivity index (χ1) is 10.4. The molecule has 3 N–H and O–H groups in total. The van der Waals surface area contributed by atoms with Gasteiger partial charge in [0, 0.05) is 11.3 Å². The Hall–Kier alpha value is -2.67. The molecule has 0 atom stereocenters. The van der Waals surface area contributed by atoms with Crippen molar-refractivity contribution < 1.29 is 23.8 Å². The molecule has 8 heteroatoms. The summed E-state index contributed by atoms with van der Waals surface area (Å²) in [5, 5.41) is 9.15. The second-order valence-corrected chi connectivity index (χ2v) is 4.63. The molecule has 0 bridgehead atoms. The largest absolute Gasteiger partial charge is 0.492 e. The van der Waals surface area contributed by atoms with E-state index in [0.29, 0.717) is 0 Å². The third-order valence-electron chi connectivity index (χ3n) is 2.94. The van der Waals surface area contributed by atoms with Crippen LogP contribution in [0.15, 0.2) is 18.2 Å². The Balaban J connectivity index is 2.74. The maximum Gasteiger partial charge on any atom is 0.355 e. The minimum atomic E-state index is -1.45. The molecular weight excluding hydrogens is 315 g/mol. The van der Waals surface area contributed by atoms with Crippen LogP contribution in [0.1, 0.15) is 20.8 Å². The smallest absolute Gasteiger partial charge is 0.355 e. The molecule has 22 heavy (non-hydrogen) atoms. The van der Waals surface area contributed by atoms with Gasteiger partial charge in [-0.25, -0.2) is 14.2 Å². The first-order valence-corrected chi connectivity index (χ1v) is 6.29. The number of hydrogen-bond donors (Lipinski definition) is 2. The van der Waals surface area contributed by atoms with Crippen molar-refractivity contribution in [2.75, 3.05) is 12.8 Å². The van der Waals surface area contributed by atoms with Crippen LogP contribution in [0.3, 0.4) is 0 Å². The molecule has 0 fully saturated rings. The van der Waals surface area contributed by atoms with E-state index in [4.69, 9.17) is 27.2 Å². The highest BCUT2D eigenvalue weighted by Gasteiger charge is 2.20. The lowest BCUT2D eigenvalue weighted by atomic mass is 10.1. The number of nitrogens with two attached hydrogens (primary N) is 1. The molecule has 2 rings (SSSR count). The van der Waals surface area contributed by atoms with Gasteiger partial charge in [0.25, 0.3) is 0 Å². The molecule has 0 amide bonds. The molecule has 0 aliphatic heterocycles. The normalized spacial score (nSPS) is 10.3. The number of aromatic carboxylic acids is 1. The molecule has 114 valence electrons. The summed E-state index contributed by atoms with van der Waals surface area (Å²) in [7, 11) is 1.24. The number of anilines is 1. The Kier molecular flexibility index (Phi) is 4.27. The van der Waals surface area contributed by atoms with Gasteiger partial charge in [-0.15, -0.1) is 0 Å². The predicted octanol–water partition coefficient (Wildman–Crippen LogP) is 2.64. The SMILES string of the molecule is COc1c(Cl)ccc(-c2cc(N)c(C=O)c(C(=O)O)n2)c1F. The summed E-state index contributed by atoms with van der Waals surface area (Å²) in [6.45, 7) is 0. The number of nitrogens with zero attached hydrogens (tertiary/aromatic N) is 1. The first-order valence-electron chi connectivity index (χ1n) is 5.92. The van der Waals surface area contributed by atoms with Crippen LogP contribution in [0.2, 0.25) is 5.02 Å². The monoisotopic (exact) mass is 324 g/mol. The van der Waals surface area contributed by atoms with E-state index >= 15 is 0 Å². The fourth-order valence-electron chi connectivity index (χ4n) is 1.92. The van der Waals surface area contributed by atoms with E-state index < -0.39 is 17.5 Å². The zero-order valence-corrected chi connectivity index (χ0v) is 12.0. The number of pyridine rings is 1. The van der Waals surface area contributed by atoms with Crippen molar-refractivity contribution >= 4 is 29.5 Å². The molecule has 0 saturated carbocycles. The highest BCUT2D eigenvalue weighted by atomic mass is 35.5. The fourth-order valence-corrected chi connectivity index (χ4v) is 2.14. The van der Waals surface area contributed by atoms with Crippen molar-refractivity contribution in [3.8, 4) is 17.0 Å². The van der Waals surface area contributed by atoms with Crippen molar-refractivity contribution in [3.05, 3.63) is 40.3 Å². The van der Waals surface area contributed by atoms with Gasteiger partial charge >= 0.3 is 5.97 Å². The number of halogens is 2. The van der Waals surface area contributed by atoms with Crippen molar-refractivity contribution in [2.45, 2.75) is 0 Å². The topological polar surface area (TPSA) is 103 Å². The minimum Gasteiger partial charge on any atom is -0.492 e. The quantitative estimate of drug-likeness (QED) is 0.838. The zero-order valence-electron chi connectivity index (χ0n) is 11.3. The van der Waals surface area contributed by atoms with Crippen molar-refractivity contribution in [3.63, 3.8) is 0 Å². The molecule has 0 spiro atoms. The van der Waals surface area contributed by atoms with Crippen LogP contribution < -0.4 is 10.5 Å². The second kappa shape index (κ2) is 5.98. The van der Waals surface area contributed by atoms with E-state index in [1.165, 1.54) is 25.3 Å². The van der Waals surface area contributed by atoms with Gasteiger partial charge in [-0.2, -0.15) is 0 Å². The number of carboxylic acid groups (broad SMARTS) is 1. The standard InChI is InChI=1S/C14H10ClFN2O4/c1-22-13-8(15)3-2-6(11(13)16)10-4-9(17)7(5-19)12(18-10)14(20)21/h2-5H,1H3,(H2,17,18)(H,20,21). The molecule has 0 saturated heterocycles. The van der Waals surface area contributed by atoms with Gasteiger partial charge in [0.2, 0.25) is 0 Å². The molecule has 1 heterocycles. The number of carbonyl (C=O) groups excluding carboxylic acids is 1. The van der Waals surface area contributed by atoms with Crippen LogP contribution >= 0.6 is 11.6 Å². The molecule has 0 aliphatic carbocycles. The van der Waals surface area contributed by atoms with Crippen LogP contribution in [0.5, 0.6) is 5.75 Å². The number of methoxy groups -OCH3 is 1. The highest BCUT2D eigenvalue weighted by Crippen LogP contribution is 2.35. The lowest BCUT2D eigenvalue weighted by molar-refractivity contribution is 0.0687. The van der Waals surface area contributed by atoms with E-state index in [1.807, 2.05) is 0 Å². The number of aromatic nitrogens is 1. The van der Waals surface area contributed by atoms with Crippen molar-refractivity contribution in [1.29, 1.82) is 0 Å². The summed E-state index contributed by atoms with van der Waals surface area (Å²) >= 11 is 5.80. The Bertz CT molecular complexity index is 780. The maximum atomic E-state index is 14.4. The number of benzene rings is 1.